The van der Waals surface area contributed by atoms with Crippen molar-refractivity contribution >= 4 is 5.69 Å². The molecule has 0 heterocycles. The Morgan fingerprint density at radius 3 is 2.58 bits per heavy atom. The Balaban J connectivity index is 3.00. The maximum absolute atomic E-state index is 3.37. The molecular weight excluding hydrogens is 146 g/mol. The van der Waals surface area contributed by atoms with E-state index in [0.29, 0.717) is 0 Å². The summed E-state index contributed by atoms with van der Waals surface area (Å²) in [7, 11) is 0. The predicted octanol–water partition coefficient (Wildman–Crippen LogP) is 2.99. The fourth-order valence-electron chi connectivity index (χ4n) is 1.53. The van der Waals surface area contributed by atoms with Crippen molar-refractivity contribution in [2.24, 2.45) is 0 Å². The van der Waals surface area contributed by atoms with E-state index in [9.17, 15) is 0 Å². The molecule has 0 saturated carbocycles. The van der Waals surface area contributed by atoms with Crippen LogP contribution in [-0.4, -0.2) is 6.54 Å². The molecular formula is C11H17N. The summed E-state index contributed by atoms with van der Waals surface area (Å²) >= 11 is 0. The smallest absolute Gasteiger partial charge is 0.0375 e. The SMILES string of the molecule is CCNc1cccc(C)c1CC. The molecule has 66 valence electrons. The maximum Gasteiger partial charge on any atom is 0.0375 e. The minimum Gasteiger partial charge on any atom is -0.385 e. The minimum absolute atomic E-state index is 0.996. The number of aryl methyl sites for hydroxylation is 1. The molecule has 0 aliphatic carbocycles. The Hall–Kier alpha value is -0.980. The van der Waals surface area contributed by atoms with Crippen LogP contribution >= 0.6 is 0 Å². The molecule has 1 heteroatoms. The van der Waals surface area contributed by atoms with E-state index in [-0.39, 0.29) is 0 Å². The summed E-state index contributed by atoms with van der Waals surface area (Å²) in [5, 5.41) is 3.37. The third-order valence-electron chi connectivity index (χ3n) is 2.13. The minimum atomic E-state index is 0.996. The van der Waals surface area contributed by atoms with Gasteiger partial charge in [-0.1, -0.05) is 19.1 Å². The molecule has 1 nitrogen and oxygen atoms in total. The van der Waals surface area contributed by atoms with Crippen LogP contribution < -0.4 is 5.32 Å². The zero-order valence-corrected chi connectivity index (χ0v) is 8.15. The van der Waals surface area contributed by atoms with Crippen LogP contribution in [0, 0.1) is 6.92 Å². The molecule has 0 atom stereocenters. The number of benzene rings is 1. The van der Waals surface area contributed by atoms with Gasteiger partial charge in [-0.3, -0.25) is 0 Å². The Bertz CT molecular complexity index is 253. The highest BCUT2D eigenvalue weighted by Gasteiger charge is 2.00. The normalized spacial score (nSPS) is 9.92. The number of nitrogens with one attached hydrogen (secondary N) is 1. The molecule has 1 rings (SSSR count). The molecule has 0 bridgehead atoms. The van der Waals surface area contributed by atoms with Crippen LogP contribution in [0.25, 0.3) is 0 Å². The molecule has 1 aromatic carbocycles. The van der Waals surface area contributed by atoms with Gasteiger partial charge in [-0.25, -0.2) is 0 Å². The lowest BCUT2D eigenvalue weighted by molar-refractivity contribution is 1.09. The standard InChI is InChI=1S/C11H17N/c1-4-10-9(3)7-6-8-11(10)12-5-2/h6-8,12H,4-5H2,1-3H3. The Morgan fingerprint density at radius 2 is 2.00 bits per heavy atom. The van der Waals surface area contributed by atoms with Gasteiger partial charge in [0.2, 0.25) is 0 Å². The van der Waals surface area contributed by atoms with Gasteiger partial charge in [0.05, 0.1) is 0 Å². The monoisotopic (exact) mass is 163 g/mol. The first kappa shape index (κ1) is 9.11. The van der Waals surface area contributed by atoms with Crippen LogP contribution in [0.15, 0.2) is 18.2 Å². The van der Waals surface area contributed by atoms with Crippen molar-refractivity contribution < 1.29 is 0 Å². The fourth-order valence-corrected chi connectivity index (χ4v) is 1.53. The summed E-state index contributed by atoms with van der Waals surface area (Å²) in [4.78, 5) is 0. The molecule has 0 spiro atoms. The lowest BCUT2D eigenvalue weighted by Gasteiger charge is -2.11. The number of hydrogen-bond donors (Lipinski definition) is 1. The van der Waals surface area contributed by atoms with Gasteiger partial charge >= 0.3 is 0 Å². The van der Waals surface area contributed by atoms with Crippen molar-refractivity contribution in [2.75, 3.05) is 11.9 Å². The third kappa shape index (κ3) is 1.79. The zero-order valence-electron chi connectivity index (χ0n) is 8.15. The van der Waals surface area contributed by atoms with Crippen molar-refractivity contribution in [3.63, 3.8) is 0 Å². The Labute approximate surface area is 74.8 Å². The molecule has 0 fully saturated rings. The lowest BCUT2D eigenvalue weighted by atomic mass is 10.0. The first-order chi connectivity index (χ1) is 5.79. The van der Waals surface area contributed by atoms with E-state index in [0.717, 1.165) is 13.0 Å². The molecule has 0 aliphatic rings. The summed E-state index contributed by atoms with van der Waals surface area (Å²) in [6.45, 7) is 7.49. The molecule has 1 aromatic rings. The average Bonchev–Trinajstić information content (AvgIpc) is 2.05. The van der Waals surface area contributed by atoms with Crippen LogP contribution in [0.2, 0.25) is 0 Å². The Kier molecular flexibility index (Phi) is 3.15. The first-order valence-corrected chi connectivity index (χ1v) is 4.62. The van der Waals surface area contributed by atoms with Crippen LogP contribution in [0.3, 0.4) is 0 Å². The Morgan fingerprint density at radius 1 is 1.25 bits per heavy atom. The molecule has 12 heavy (non-hydrogen) atoms. The molecule has 0 aliphatic heterocycles. The van der Waals surface area contributed by atoms with Gasteiger partial charge in [-0.2, -0.15) is 0 Å². The lowest BCUT2D eigenvalue weighted by Crippen LogP contribution is -2.01. The average molecular weight is 163 g/mol. The van der Waals surface area contributed by atoms with Crippen molar-refractivity contribution in [3.8, 4) is 0 Å². The van der Waals surface area contributed by atoms with E-state index in [1.165, 1.54) is 16.8 Å². The van der Waals surface area contributed by atoms with Crippen LogP contribution in [0.1, 0.15) is 25.0 Å². The summed E-state index contributed by atoms with van der Waals surface area (Å²) in [6.07, 6.45) is 1.11. The van der Waals surface area contributed by atoms with Crippen molar-refractivity contribution in [1.29, 1.82) is 0 Å². The summed E-state index contributed by atoms with van der Waals surface area (Å²) in [5.74, 6) is 0. The van der Waals surface area contributed by atoms with Crippen molar-refractivity contribution in [2.45, 2.75) is 27.2 Å². The van der Waals surface area contributed by atoms with Gasteiger partial charge in [0.25, 0.3) is 0 Å². The highest BCUT2D eigenvalue weighted by Crippen LogP contribution is 2.19. The van der Waals surface area contributed by atoms with E-state index >= 15 is 0 Å². The van der Waals surface area contributed by atoms with Crippen molar-refractivity contribution in [1.82, 2.24) is 0 Å². The van der Waals surface area contributed by atoms with Gasteiger partial charge in [-0.05, 0) is 37.5 Å². The quantitative estimate of drug-likeness (QED) is 0.722. The molecule has 1 N–H and O–H groups in total. The number of hydrogen-bond acceptors (Lipinski definition) is 1. The van der Waals surface area contributed by atoms with E-state index in [1.807, 2.05) is 0 Å². The molecule has 0 saturated heterocycles. The molecule has 0 amide bonds. The second kappa shape index (κ2) is 4.15. The zero-order chi connectivity index (χ0) is 8.97. The fraction of sp³-hybridized carbons (Fsp3) is 0.455. The van der Waals surface area contributed by atoms with Gasteiger partial charge in [0, 0.05) is 12.2 Å². The maximum atomic E-state index is 3.37. The topological polar surface area (TPSA) is 12.0 Å². The number of anilines is 1. The summed E-state index contributed by atoms with van der Waals surface area (Å²) < 4.78 is 0. The highest BCUT2D eigenvalue weighted by atomic mass is 14.9. The second-order valence-electron chi connectivity index (χ2n) is 2.98. The largest absolute Gasteiger partial charge is 0.385 e. The second-order valence-corrected chi connectivity index (χ2v) is 2.98. The van der Waals surface area contributed by atoms with E-state index < -0.39 is 0 Å². The molecule has 0 unspecified atom stereocenters. The predicted molar refractivity (Wildman–Crippen MR) is 54.7 cm³/mol. The van der Waals surface area contributed by atoms with E-state index in [4.69, 9.17) is 0 Å². The number of rotatable bonds is 3. The van der Waals surface area contributed by atoms with Gasteiger partial charge < -0.3 is 5.32 Å². The van der Waals surface area contributed by atoms with Gasteiger partial charge in [0.15, 0.2) is 0 Å². The van der Waals surface area contributed by atoms with Crippen LogP contribution in [-0.2, 0) is 6.42 Å². The van der Waals surface area contributed by atoms with Crippen LogP contribution in [0.5, 0.6) is 0 Å². The molecule has 0 aromatic heterocycles. The summed E-state index contributed by atoms with van der Waals surface area (Å²) in [5.41, 5.74) is 4.12. The first-order valence-electron chi connectivity index (χ1n) is 4.62. The van der Waals surface area contributed by atoms with E-state index in [2.05, 4.69) is 44.3 Å². The highest BCUT2D eigenvalue weighted by molar-refractivity contribution is 5.54. The van der Waals surface area contributed by atoms with Crippen molar-refractivity contribution in [3.05, 3.63) is 29.3 Å². The van der Waals surface area contributed by atoms with E-state index in [1.54, 1.807) is 0 Å². The van der Waals surface area contributed by atoms with Gasteiger partial charge in [0.1, 0.15) is 0 Å². The van der Waals surface area contributed by atoms with Gasteiger partial charge in [-0.15, -0.1) is 0 Å². The molecule has 0 radical (unpaired) electrons. The summed E-state index contributed by atoms with van der Waals surface area (Å²) in [6, 6.07) is 6.42. The third-order valence-corrected chi connectivity index (χ3v) is 2.13. The van der Waals surface area contributed by atoms with Crippen LogP contribution in [0.4, 0.5) is 5.69 Å².